The number of para-hydroxylation sites is 1. The van der Waals surface area contributed by atoms with Gasteiger partial charge in [0.25, 0.3) is 5.91 Å². The summed E-state index contributed by atoms with van der Waals surface area (Å²) < 4.78 is 39.1. The largest absolute Gasteiger partial charge is 0.416 e. The number of carbonyl (C=O) groups is 2. The molecule has 27 heavy (non-hydrogen) atoms. The van der Waals surface area contributed by atoms with E-state index in [9.17, 15) is 22.8 Å². The number of primary amides is 1. The summed E-state index contributed by atoms with van der Waals surface area (Å²) in [5.41, 5.74) is 5.73. The number of rotatable bonds is 3. The number of aromatic nitrogens is 1. The summed E-state index contributed by atoms with van der Waals surface area (Å²) in [6.07, 6.45) is -3.21. The second kappa shape index (κ2) is 6.90. The lowest BCUT2D eigenvalue weighted by atomic mass is 9.95. The van der Waals surface area contributed by atoms with Crippen molar-refractivity contribution >= 4 is 17.6 Å². The summed E-state index contributed by atoms with van der Waals surface area (Å²) in [7, 11) is 0. The van der Waals surface area contributed by atoms with Crippen LogP contribution in [0.1, 0.15) is 29.8 Å². The van der Waals surface area contributed by atoms with E-state index in [2.05, 4.69) is 10.3 Å². The molecule has 0 radical (unpaired) electrons. The molecule has 0 fully saturated rings. The second-order valence-electron chi connectivity index (χ2n) is 6.25. The Labute approximate surface area is 153 Å². The van der Waals surface area contributed by atoms with Gasteiger partial charge in [-0.05, 0) is 30.7 Å². The minimum absolute atomic E-state index is 0.0905. The van der Waals surface area contributed by atoms with E-state index in [0.29, 0.717) is 5.69 Å². The Morgan fingerprint density at radius 1 is 1.33 bits per heavy atom. The number of nitrogens with zero attached hydrogens (tertiary/aromatic N) is 2. The second-order valence-corrected chi connectivity index (χ2v) is 6.25. The average molecular weight is 378 g/mol. The number of urea groups is 1. The fraction of sp³-hybridized carbons (Fsp3) is 0.278. The predicted molar refractivity (Wildman–Crippen MR) is 91.8 cm³/mol. The van der Waals surface area contributed by atoms with Crippen molar-refractivity contribution in [3.63, 3.8) is 0 Å². The van der Waals surface area contributed by atoms with Crippen molar-refractivity contribution < 1.29 is 22.8 Å². The summed E-state index contributed by atoms with van der Waals surface area (Å²) in [6.45, 7) is 1.59. The Kier molecular flexibility index (Phi) is 4.77. The summed E-state index contributed by atoms with van der Waals surface area (Å²) in [5.74, 6) is -0.459. The number of halogens is 3. The molecular weight excluding hydrogens is 361 g/mol. The standard InChI is InChI=1S/C18H17F3N4O2/c1-10(13-9-12(6-7-23-13)18(19,20)21)25-15-5-3-2-4-11(15)8-14(16(25)26)24-17(22)27/h2-7,9-10,14H,8H2,1H3,(H3,22,24,27)/t10-,14+/m0/s1. The fourth-order valence-electron chi connectivity index (χ4n) is 3.18. The van der Waals surface area contributed by atoms with Crippen LogP contribution in [0.15, 0.2) is 42.6 Å². The number of alkyl halides is 3. The van der Waals surface area contributed by atoms with Gasteiger partial charge in [0.05, 0.1) is 17.3 Å². The zero-order valence-electron chi connectivity index (χ0n) is 14.3. The van der Waals surface area contributed by atoms with Gasteiger partial charge >= 0.3 is 12.2 Å². The third kappa shape index (κ3) is 3.71. The maximum Gasteiger partial charge on any atom is 0.416 e. The molecule has 1 aliphatic heterocycles. The molecule has 0 bridgehead atoms. The third-order valence-corrected chi connectivity index (χ3v) is 4.45. The highest BCUT2D eigenvalue weighted by Crippen LogP contribution is 2.36. The topological polar surface area (TPSA) is 88.3 Å². The van der Waals surface area contributed by atoms with Gasteiger partial charge in [-0.25, -0.2) is 4.79 Å². The molecule has 3 amide bonds. The summed E-state index contributed by atoms with van der Waals surface area (Å²) in [5, 5.41) is 2.39. The number of hydrogen-bond acceptors (Lipinski definition) is 3. The van der Waals surface area contributed by atoms with Crippen LogP contribution in [0.4, 0.5) is 23.7 Å². The molecule has 0 unspecified atom stereocenters. The van der Waals surface area contributed by atoms with E-state index in [1.54, 1.807) is 31.2 Å². The maximum atomic E-state index is 13.0. The van der Waals surface area contributed by atoms with E-state index in [4.69, 9.17) is 5.73 Å². The molecule has 1 aliphatic rings. The molecule has 3 rings (SSSR count). The monoisotopic (exact) mass is 378 g/mol. The highest BCUT2D eigenvalue weighted by Gasteiger charge is 2.38. The Balaban J connectivity index is 2.03. The molecule has 2 aromatic rings. The lowest BCUT2D eigenvalue weighted by Gasteiger charge is -2.37. The highest BCUT2D eigenvalue weighted by atomic mass is 19.4. The molecule has 0 saturated carbocycles. The average Bonchev–Trinajstić information content (AvgIpc) is 2.61. The van der Waals surface area contributed by atoms with E-state index >= 15 is 0 Å². The number of hydrogen-bond donors (Lipinski definition) is 2. The minimum atomic E-state index is -4.52. The fourth-order valence-corrected chi connectivity index (χ4v) is 3.18. The van der Waals surface area contributed by atoms with Crippen LogP contribution in [0.3, 0.4) is 0 Å². The Bertz CT molecular complexity index is 885. The number of carbonyl (C=O) groups excluding carboxylic acids is 2. The van der Waals surface area contributed by atoms with E-state index in [1.807, 2.05) is 0 Å². The first kappa shape index (κ1) is 18.7. The van der Waals surface area contributed by atoms with Crippen molar-refractivity contribution in [1.29, 1.82) is 0 Å². The zero-order chi connectivity index (χ0) is 19.8. The van der Waals surface area contributed by atoms with Gasteiger partial charge in [-0.1, -0.05) is 18.2 Å². The van der Waals surface area contributed by atoms with Gasteiger partial charge in [0.15, 0.2) is 0 Å². The number of pyridine rings is 1. The number of nitrogens with two attached hydrogens (primary N) is 1. The molecule has 0 spiro atoms. The van der Waals surface area contributed by atoms with Crippen LogP contribution in [0.25, 0.3) is 0 Å². The van der Waals surface area contributed by atoms with Gasteiger partial charge in [-0.15, -0.1) is 0 Å². The van der Waals surface area contributed by atoms with Gasteiger partial charge in [0.2, 0.25) is 0 Å². The molecule has 1 aromatic carbocycles. The van der Waals surface area contributed by atoms with Gasteiger partial charge in [0.1, 0.15) is 6.04 Å². The van der Waals surface area contributed by atoms with Crippen molar-refractivity contribution in [3.05, 3.63) is 59.4 Å². The van der Waals surface area contributed by atoms with Crippen LogP contribution in [0.5, 0.6) is 0 Å². The third-order valence-electron chi connectivity index (χ3n) is 4.45. The first-order valence-corrected chi connectivity index (χ1v) is 8.18. The molecule has 0 saturated heterocycles. The molecule has 6 nitrogen and oxygen atoms in total. The van der Waals surface area contributed by atoms with Gasteiger partial charge in [-0.3, -0.25) is 9.78 Å². The van der Waals surface area contributed by atoms with Crippen LogP contribution in [-0.4, -0.2) is 23.0 Å². The molecule has 142 valence electrons. The van der Waals surface area contributed by atoms with E-state index < -0.39 is 35.8 Å². The molecule has 9 heteroatoms. The first-order valence-electron chi connectivity index (χ1n) is 8.18. The number of benzene rings is 1. The molecule has 2 atom stereocenters. The summed E-state index contributed by atoms with van der Waals surface area (Å²) in [6, 6.07) is 6.27. The number of nitrogens with one attached hydrogen (secondary N) is 1. The van der Waals surface area contributed by atoms with Crippen molar-refractivity contribution in [2.45, 2.75) is 31.6 Å². The number of amides is 3. The van der Waals surface area contributed by atoms with Crippen molar-refractivity contribution in [2.75, 3.05) is 4.90 Å². The number of fused-ring (bicyclic) bond motifs is 1. The van der Waals surface area contributed by atoms with Gasteiger partial charge in [-0.2, -0.15) is 13.2 Å². The Morgan fingerprint density at radius 2 is 2.04 bits per heavy atom. The smallest absolute Gasteiger partial charge is 0.352 e. The normalized spacial score (nSPS) is 18.0. The van der Waals surface area contributed by atoms with Crippen LogP contribution in [0, 0.1) is 0 Å². The van der Waals surface area contributed by atoms with Crippen molar-refractivity contribution in [2.24, 2.45) is 5.73 Å². The lowest BCUT2D eigenvalue weighted by Crippen LogP contribution is -2.54. The van der Waals surface area contributed by atoms with Crippen LogP contribution in [-0.2, 0) is 17.4 Å². The van der Waals surface area contributed by atoms with E-state index in [1.165, 1.54) is 4.90 Å². The van der Waals surface area contributed by atoms with Crippen LogP contribution in [0.2, 0.25) is 0 Å². The van der Waals surface area contributed by atoms with Gasteiger partial charge < -0.3 is 16.0 Å². The summed E-state index contributed by atoms with van der Waals surface area (Å²) >= 11 is 0. The maximum absolute atomic E-state index is 13.0. The molecule has 0 aliphatic carbocycles. The number of anilines is 1. The molecular formula is C18H17F3N4O2. The molecule has 2 heterocycles. The van der Waals surface area contributed by atoms with Crippen LogP contribution >= 0.6 is 0 Å². The first-order chi connectivity index (χ1) is 12.7. The van der Waals surface area contributed by atoms with E-state index in [-0.39, 0.29) is 12.1 Å². The van der Waals surface area contributed by atoms with E-state index in [0.717, 1.165) is 23.9 Å². The Hall–Kier alpha value is -3.10. The predicted octanol–water partition coefficient (Wildman–Crippen LogP) is 2.79. The van der Waals surface area contributed by atoms with Gasteiger partial charge in [0, 0.05) is 18.3 Å². The molecule has 1 aromatic heterocycles. The highest BCUT2D eigenvalue weighted by molar-refractivity contribution is 6.02. The summed E-state index contributed by atoms with van der Waals surface area (Å²) in [4.78, 5) is 29.5. The van der Waals surface area contributed by atoms with Crippen LogP contribution < -0.4 is 16.0 Å². The SMILES string of the molecule is C[C@@H](c1cc(C(F)(F)F)ccn1)N1C(=O)[C@H](NC(N)=O)Cc2ccccc21. The minimum Gasteiger partial charge on any atom is -0.352 e. The van der Waals surface area contributed by atoms with Crippen molar-refractivity contribution in [1.82, 2.24) is 10.3 Å². The van der Waals surface area contributed by atoms with Crippen molar-refractivity contribution in [3.8, 4) is 0 Å². The zero-order valence-corrected chi connectivity index (χ0v) is 14.3. The Morgan fingerprint density at radius 3 is 2.70 bits per heavy atom. The quantitative estimate of drug-likeness (QED) is 0.861. The molecule has 3 N–H and O–H groups in total. The lowest BCUT2D eigenvalue weighted by molar-refractivity contribution is -0.137.